The first-order valence-corrected chi connectivity index (χ1v) is 11.9. The Morgan fingerprint density at radius 3 is 2.45 bits per heavy atom. The summed E-state index contributed by atoms with van der Waals surface area (Å²) in [7, 11) is -3.79. The third-order valence-electron chi connectivity index (χ3n) is 4.91. The number of amides is 1. The van der Waals surface area contributed by atoms with Crippen molar-refractivity contribution in [3.63, 3.8) is 0 Å². The van der Waals surface area contributed by atoms with Crippen LogP contribution < -0.4 is 19.1 Å². The molecule has 0 radical (unpaired) electrons. The third kappa shape index (κ3) is 5.12. The lowest BCUT2D eigenvalue weighted by Crippen LogP contribution is -2.43. The Morgan fingerprint density at radius 2 is 1.84 bits per heavy atom. The molecule has 31 heavy (non-hydrogen) atoms. The maximum absolute atomic E-state index is 13.1. The summed E-state index contributed by atoms with van der Waals surface area (Å²) in [5.41, 5.74) is 0.327. The van der Waals surface area contributed by atoms with Crippen molar-refractivity contribution in [2.75, 3.05) is 29.4 Å². The van der Waals surface area contributed by atoms with Crippen LogP contribution in [0.25, 0.3) is 0 Å². The van der Waals surface area contributed by atoms with Gasteiger partial charge in [0.05, 0.1) is 28.3 Å². The molecule has 0 aromatic heterocycles. The maximum atomic E-state index is 13.1. The molecule has 3 rings (SSSR count). The summed E-state index contributed by atoms with van der Waals surface area (Å²) in [5.74, 6) is 1.34. The van der Waals surface area contributed by atoms with E-state index in [9.17, 15) is 13.2 Å². The second kappa shape index (κ2) is 8.78. The lowest BCUT2D eigenvalue weighted by molar-refractivity contribution is -0.127. The Hall–Kier alpha value is -2.74. The minimum Gasteiger partial charge on any atom is -0.494 e. The number of benzene rings is 2. The zero-order chi connectivity index (χ0) is 22.8. The molecule has 0 unspecified atom stereocenters. The van der Waals surface area contributed by atoms with Gasteiger partial charge in [0.15, 0.2) is 0 Å². The van der Waals surface area contributed by atoms with Crippen molar-refractivity contribution in [3.05, 3.63) is 42.5 Å². The Balaban J connectivity index is 1.90. The van der Waals surface area contributed by atoms with Gasteiger partial charge in [0.2, 0.25) is 5.91 Å². The number of nitrogens with one attached hydrogen (secondary N) is 1. The van der Waals surface area contributed by atoms with E-state index < -0.39 is 15.4 Å². The lowest BCUT2D eigenvalue weighted by atomic mass is 9.92. The van der Waals surface area contributed by atoms with Crippen LogP contribution in [0, 0.1) is 11.3 Å². The molecule has 8 heteroatoms. The Kier molecular flexibility index (Phi) is 6.50. The zero-order valence-electron chi connectivity index (χ0n) is 18.6. The van der Waals surface area contributed by atoms with Crippen molar-refractivity contribution in [1.29, 1.82) is 0 Å². The fraction of sp³-hybridized carbons (Fsp3) is 0.435. The van der Waals surface area contributed by atoms with Crippen LogP contribution in [-0.2, 0) is 14.8 Å². The summed E-state index contributed by atoms with van der Waals surface area (Å²) >= 11 is 0. The number of sulfonamides is 1. The summed E-state index contributed by atoms with van der Waals surface area (Å²) in [5, 5.41) is 0. The fourth-order valence-corrected chi connectivity index (χ4v) is 4.40. The molecule has 7 nitrogen and oxygen atoms in total. The first-order valence-electron chi connectivity index (χ1n) is 10.4. The Labute approximate surface area is 184 Å². The number of hydrogen-bond acceptors (Lipinski definition) is 5. The van der Waals surface area contributed by atoms with Gasteiger partial charge < -0.3 is 14.4 Å². The quantitative estimate of drug-likeness (QED) is 0.686. The summed E-state index contributed by atoms with van der Waals surface area (Å²) in [6.07, 6.45) is 0. The number of nitrogens with zero attached hydrogens (tertiary/aromatic N) is 1. The molecule has 2 aromatic carbocycles. The fourth-order valence-electron chi connectivity index (χ4n) is 3.35. The highest BCUT2D eigenvalue weighted by Gasteiger charge is 2.38. The zero-order valence-corrected chi connectivity index (χ0v) is 19.5. The topological polar surface area (TPSA) is 84.9 Å². The van der Waals surface area contributed by atoms with Crippen molar-refractivity contribution >= 4 is 27.3 Å². The second-order valence-electron chi connectivity index (χ2n) is 8.67. The average Bonchev–Trinajstić information content (AvgIpc) is 2.78. The molecule has 0 bridgehead atoms. The van der Waals surface area contributed by atoms with Gasteiger partial charge >= 0.3 is 0 Å². The summed E-state index contributed by atoms with van der Waals surface area (Å²) in [6, 6.07) is 11.2. The molecule has 0 fully saturated rings. The number of hydrogen-bond donors (Lipinski definition) is 1. The van der Waals surface area contributed by atoms with Crippen molar-refractivity contribution in [2.24, 2.45) is 11.3 Å². The minimum atomic E-state index is -3.79. The van der Waals surface area contributed by atoms with Crippen molar-refractivity contribution < 1.29 is 22.7 Å². The molecule has 2 aromatic rings. The molecule has 1 amide bonds. The number of anilines is 2. The van der Waals surface area contributed by atoms with E-state index in [0.717, 1.165) is 0 Å². The van der Waals surface area contributed by atoms with Gasteiger partial charge in [-0.15, -0.1) is 0 Å². The lowest BCUT2D eigenvalue weighted by Gasteiger charge is -2.29. The van der Waals surface area contributed by atoms with Crippen LogP contribution in [0.15, 0.2) is 47.4 Å². The van der Waals surface area contributed by atoms with Gasteiger partial charge in [0, 0.05) is 12.6 Å². The van der Waals surface area contributed by atoms with Crippen LogP contribution in [0.1, 0.15) is 34.6 Å². The average molecular weight is 447 g/mol. The van der Waals surface area contributed by atoms with E-state index >= 15 is 0 Å². The van der Waals surface area contributed by atoms with Gasteiger partial charge in [0.1, 0.15) is 18.1 Å². The normalized spacial score (nSPS) is 15.8. The maximum Gasteiger partial charge on any atom is 0.261 e. The molecular weight excluding hydrogens is 416 g/mol. The molecule has 0 spiro atoms. The van der Waals surface area contributed by atoms with Crippen molar-refractivity contribution in [3.8, 4) is 11.5 Å². The number of fused-ring (bicyclic) bond motifs is 1. The molecule has 1 aliphatic rings. The van der Waals surface area contributed by atoms with E-state index in [2.05, 4.69) is 4.72 Å². The van der Waals surface area contributed by atoms with Crippen LogP contribution in [-0.4, -0.2) is 34.1 Å². The molecule has 0 saturated heterocycles. The van der Waals surface area contributed by atoms with Crippen LogP contribution in [0.4, 0.5) is 11.4 Å². The van der Waals surface area contributed by atoms with E-state index in [-0.39, 0.29) is 23.3 Å². The summed E-state index contributed by atoms with van der Waals surface area (Å²) in [6.45, 7) is 10.9. The number of carbonyl (C=O) groups is 1. The van der Waals surface area contributed by atoms with E-state index in [0.29, 0.717) is 36.0 Å². The standard InChI is InChI=1S/C23H30N2O5S/c1-6-29-18-8-10-19(11-9-18)31(27,28)24-17-7-12-20-21(13-17)30-15-23(4,5)22(26)25(20)14-16(2)3/h7-13,16,24H,6,14-15H2,1-5H3. The van der Waals surface area contributed by atoms with Crippen LogP contribution in [0.2, 0.25) is 0 Å². The smallest absolute Gasteiger partial charge is 0.261 e. The molecule has 168 valence electrons. The first-order chi connectivity index (χ1) is 14.5. The van der Waals surface area contributed by atoms with Gasteiger partial charge in [-0.3, -0.25) is 9.52 Å². The molecule has 0 saturated carbocycles. The van der Waals surface area contributed by atoms with Crippen LogP contribution in [0.5, 0.6) is 11.5 Å². The van der Waals surface area contributed by atoms with Gasteiger partial charge in [-0.05, 0) is 63.1 Å². The minimum absolute atomic E-state index is 0.0114. The van der Waals surface area contributed by atoms with Crippen LogP contribution in [0.3, 0.4) is 0 Å². The highest BCUT2D eigenvalue weighted by atomic mass is 32.2. The molecule has 1 aliphatic heterocycles. The Morgan fingerprint density at radius 1 is 1.16 bits per heavy atom. The highest BCUT2D eigenvalue weighted by molar-refractivity contribution is 7.92. The second-order valence-corrected chi connectivity index (χ2v) is 10.4. The van der Waals surface area contributed by atoms with E-state index in [4.69, 9.17) is 9.47 Å². The monoisotopic (exact) mass is 446 g/mol. The van der Waals surface area contributed by atoms with E-state index in [1.807, 2.05) is 34.6 Å². The van der Waals surface area contributed by atoms with E-state index in [1.54, 1.807) is 35.2 Å². The van der Waals surface area contributed by atoms with Gasteiger partial charge in [-0.25, -0.2) is 8.42 Å². The van der Waals surface area contributed by atoms with Gasteiger partial charge in [0.25, 0.3) is 10.0 Å². The largest absolute Gasteiger partial charge is 0.494 e. The predicted octanol–water partition coefficient (Wildman–Crippen LogP) is 4.29. The highest BCUT2D eigenvalue weighted by Crippen LogP contribution is 2.39. The van der Waals surface area contributed by atoms with Crippen molar-refractivity contribution in [1.82, 2.24) is 0 Å². The number of rotatable bonds is 7. The van der Waals surface area contributed by atoms with E-state index in [1.165, 1.54) is 12.1 Å². The molecule has 0 atom stereocenters. The molecule has 1 N–H and O–H groups in total. The van der Waals surface area contributed by atoms with Gasteiger partial charge in [-0.2, -0.15) is 0 Å². The summed E-state index contributed by atoms with van der Waals surface area (Å²) in [4.78, 5) is 14.9. The number of ether oxygens (including phenoxy) is 2. The SMILES string of the molecule is CCOc1ccc(S(=O)(=O)Nc2ccc3c(c2)OCC(C)(C)C(=O)N3CC(C)C)cc1. The third-order valence-corrected chi connectivity index (χ3v) is 6.31. The molecule has 0 aliphatic carbocycles. The summed E-state index contributed by atoms with van der Waals surface area (Å²) < 4.78 is 39.5. The van der Waals surface area contributed by atoms with Crippen LogP contribution >= 0.6 is 0 Å². The Bertz CT molecular complexity index is 1050. The predicted molar refractivity (Wildman–Crippen MR) is 121 cm³/mol. The molecular formula is C23H30N2O5S. The van der Waals surface area contributed by atoms with Crippen molar-refractivity contribution in [2.45, 2.75) is 39.5 Å². The first kappa shape index (κ1) is 22.9. The molecule has 1 heterocycles. The number of carbonyl (C=O) groups excluding carboxylic acids is 1. The van der Waals surface area contributed by atoms with Gasteiger partial charge in [-0.1, -0.05) is 13.8 Å².